The quantitative estimate of drug-likeness (QED) is 0.878. The van der Waals surface area contributed by atoms with Crippen molar-refractivity contribution in [2.24, 2.45) is 0 Å². The van der Waals surface area contributed by atoms with Gasteiger partial charge in [0, 0.05) is 13.0 Å². The summed E-state index contributed by atoms with van der Waals surface area (Å²) in [5, 5.41) is 9.33. The zero-order valence-electron chi connectivity index (χ0n) is 14.2. The molecule has 25 heavy (non-hydrogen) atoms. The number of carboxylic acids is 1. The van der Waals surface area contributed by atoms with E-state index in [1.807, 2.05) is 48.5 Å². The lowest BCUT2D eigenvalue weighted by Crippen LogP contribution is -2.41. The van der Waals surface area contributed by atoms with Crippen LogP contribution in [0.4, 0.5) is 0 Å². The Bertz CT molecular complexity index is 714. The molecule has 0 radical (unpaired) electrons. The number of hydrogen-bond donors (Lipinski definition) is 1. The molecule has 4 nitrogen and oxygen atoms in total. The van der Waals surface area contributed by atoms with Gasteiger partial charge in [0.2, 0.25) is 5.91 Å². The van der Waals surface area contributed by atoms with E-state index < -0.39 is 12.0 Å². The average molecular weight is 337 g/mol. The molecular weight excluding hydrogens is 314 g/mol. The predicted octanol–water partition coefficient (Wildman–Crippen LogP) is 3.48. The molecule has 3 rings (SSSR count). The van der Waals surface area contributed by atoms with Crippen LogP contribution in [0.3, 0.4) is 0 Å². The minimum Gasteiger partial charge on any atom is -0.480 e. The Morgan fingerprint density at radius 3 is 2.32 bits per heavy atom. The Balaban J connectivity index is 1.78. The van der Waals surface area contributed by atoms with Crippen molar-refractivity contribution in [2.75, 3.05) is 6.54 Å². The van der Waals surface area contributed by atoms with Gasteiger partial charge in [-0.1, -0.05) is 60.7 Å². The Hall–Kier alpha value is -2.62. The fraction of sp³-hybridized carbons (Fsp3) is 0.333. The molecule has 1 saturated heterocycles. The summed E-state index contributed by atoms with van der Waals surface area (Å²) in [5.41, 5.74) is 2.30. The highest BCUT2D eigenvalue weighted by molar-refractivity contribution is 5.84. The Morgan fingerprint density at radius 1 is 1.04 bits per heavy atom. The number of amides is 1. The molecule has 130 valence electrons. The van der Waals surface area contributed by atoms with Gasteiger partial charge in [-0.05, 0) is 36.3 Å². The number of carbonyl (C=O) groups is 2. The number of nitrogens with zero attached hydrogens (tertiary/aromatic N) is 1. The second kappa shape index (κ2) is 7.97. The number of aliphatic carboxylic acids is 1. The first-order chi connectivity index (χ1) is 12.1. The van der Waals surface area contributed by atoms with Crippen molar-refractivity contribution < 1.29 is 14.7 Å². The van der Waals surface area contributed by atoms with Crippen molar-refractivity contribution in [2.45, 2.75) is 37.6 Å². The largest absolute Gasteiger partial charge is 0.480 e. The van der Waals surface area contributed by atoms with E-state index in [0.717, 1.165) is 18.4 Å². The average Bonchev–Trinajstić information content (AvgIpc) is 3.13. The van der Waals surface area contributed by atoms with Gasteiger partial charge in [-0.25, -0.2) is 4.79 Å². The first-order valence-electron chi connectivity index (χ1n) is 8.76. The number of hydrogen-bond acceptors (Lipinski definition) is 2. The highest BCUT2D eigenvalue weighted by atomic mass is 16.4. The Labute approximate surface area is 148 Å². The third kappa shape index (κ3) is 4.27. The van der Waals surface area contributed by atoms with Crippen LogP contribution in [-0.4, -0.2) is 34.5 Å². The first-order valence-corrected chi connectivity index (χ1v) is 8.76. The van der Waals surface area contributed by atoms with Crippen LogP contribution in [-0.2, 0) is 16.0 Å². The summed E-state index contributed by atoms with van der Waals surface area (Å²) in [5.74, 6) is -0.911. The van der Waals surface area contributed by atoms with E-state index in [9.17, 15) is 14.7 Å². The van der Waals surface area contributed by atoms with Gasteiger partial charge in [-0.15, -0.1) is 0 Å². The molecule has 0 aliphatic carbocycles. The molecule has 4 heteroatoms. The summed E-state index contributed by atoms with van der Waals surface area (Å²) < 4.78 is 0. The van der Waals surface area contributed by atoms with Crippen LogP contribution < -0.4 is 0 Å². The molecule has 0 saturated carbocycles. The minimum atomic E-state index is -0.898. The fourth-order valence-electron chi connectivity index (χ4n) is 3.58. The van der Waals surface area contributed by atoms with Crippen molar-refractivity contribution in [3.8, 4) is 0 Å². The van der Waals surface area contributed by atoms with Crippen LogP contribution in [0.25, 0.3) is 0 Å². The second-order valence-electron chi connectivity index (χ2n) is 6.58. The predicted molar refractivity (Wildman–Crippen MR) is 96.3 cm³/mol. The van der Waals surface area contributed by atoms with Gasteiger partial charge in [-0.2, -0.15) is 0 Å². The number of carboxylic acid groups (broad SMARTS) is 1. The van der Waals surface area contributed by atoms with Crippen molar-refractivity contribution >= 4 is 11.9 Å². The van der Waals surface area contributed by atoms with E-state index in [4.69, 9.17) is 0 Å². The van der Waals surface area contributed by atoms with Gasteiger partial charge in [0.05, 0.1) is 0 Å². The SMILES string of the molecule is O=C(O)C1CCCN1C(=O)CC(Cc1ccccc1)c1ccccc1. The highest BCUT2D eigenvalue weighted by Gasteiger charge is 2.34. The van der Waals surface area contributed by atoms with E-state index >= 15 is 0 Å². The Kier molecular flexibility index (Phi) is 5.49. The number of rotatable bonds is 6. The molecule has 2 unspecified atom stereocenters. The van der Waals surface area contributed by atoms with E-state index in [1.54, 1.807) is 4.90 Å². The van der Waals surface area contributed by atoms with Crippen molar-refractivity contribution in [3.05, 3.63) is 71.8 Å². The van der Waals surface area contributed by atoms with Gasteiger partial charge in [-0.3, -0.25) is 4.79 Å². The summed E-state index contributed by atoms with van der Waals surface area (Å²) in [6, 6.07) is 19.5. The maximum Gasteiger partial charge on any atom is 0.326 e. The zero-order valence-corrected chi connectivity index (χ0v) is 14.2. The number of carbonyl (C=O) groups excluding carboxylic acids is 1. The lowest BCUT2D eigenvalue weighted by atomic mass is 9.89. The van der Waals surface area contributed by atoms with Crippen LogP contribution in [0.15, 0.2) is 60.7 Å². The molecular formula is C21H23NO3. The monoisotopic (exact) mass is 337 g/mol. The smallest absolute Gasteiger partial charge is 0.326 e. The molecule has 0 bridgehead atoms. The molecule has 0 aromatic heterocycles. The van der Waals surface area contributed by atoms with Crippen LogP contribution >= 0.6 is 0 Å². The van der Waals surface area contributed by atoms with Gasteiger partial charge < -0.3 is 10.0 Å². The zero-order chi connectivity index (χ0) is 17.6. The first kappa shape index (κ1) is 17.2. The normalized spacial score (nSPS) is 18.1. The molecule has 2 aromatic rings. The summed E-state index contributed by atoms with van der Waals surface area (Å²) in [7, 11) is 0. The molecule has 1 heterocycles. The second-order valence-corrected chi connectivity index (χ2v) is 6.58. The van der Waals surface area contributed by atoms with E-state index in [0.29, 0.717) is 19.4 Å². The number of benzene rings is 2. The molecule has 1 aliphatic heterocycles. The highest BCUT2D eigenvalue weighted by Crippen LogP contribution is 2.27. The molecule has 2 aromatic carbocycles. The molecule has 1 amide bonds. The lowest BCUT2D eigenvalue weighted by molar-refractivity contribution is -0.148. The lowest BCUT2D eigenvalue weighted by Gasteiger charge is -2.25. The maximum absolute atomic E-state index is 12.8. The van der Waals surface area contributed by atoms with Crippen molar-refractivity contribution in [1.82, 2.24) is 4.90 Å². The fourth-order valence-corrected chi connectivity index (χ4v) is 3.58. The van der Waals surface area contributed by atoms with Crippen LogP contribution in [0.2, 0.25) is 0 Å². The van der Waals surface area contributed by atoms with E-state index in [2.05, 4.69) is 12.1 Å². The van der Waals surface area contributed by atoms with E-state index in [-0.39, 0.29) is 11.8 Å². The summed E-state index contributed by atoms with van der Waals surface area (Å²) >= 11 is 0. The van der Waals surface area contributed by atoms with Crippen LogP contribution in [0, 0.1) is 0 Å². The van der Waals surface area contributed by atoms with Gasteiger partial charge in [0.15, 0.2) is 0 Å². The third-order valence-corrected chi connectivity index (χ3v) is 4.88. The van der Waals surface area contributed by atoms with Crippen LogP contribution in [0.1, 0.15) is 36.3 Å². The Morgan fingerprint density at radius 2 is 1.68 bits per heavy atom. The minimum absolute atomic E-state index is 0.0474. The van der Waals surface area contributed by atoms with Crippen LogP contribution in [0.5, 0.6) is 0 Å². The molecule has 1 N–H and O–H groups in total. The topological polar surface area (TPSA) is 57.6 Å². The molecule has 1 fully saturated rings. The van der Waals surface area contributed by atoms with Gasteiger partial charge in [0.25, 0.3) is 0 Å². The standard InChI is InChI=1S/C21H23NO3/c23-20(22-13-7-12-19(22)21(24)25)15-18(17-10-5-2-6-11-17)14-16-8-3-1-4-9-16/h1-6,8-11,18-19H,7,12-15H2,(H,24,25). The number of likely N-dealkylation sites (tertiary alicyclic amines) is 1. The summed E-state index contributed by atoms with van der Waals surface area (Å²) in [6.07, 6.45) is 2.41. The van der Waals surface area contributed by atoms with Gasteiger partial charge >= 0.3 is 5.97 Å². The maximum atomic E-state index is 12.8. The summed E-state index contributed by atoms with van der Waals surface area (Å²) in [4.78, 5) is 25.7. The molecule has 1 aliphatic rings. The van der Waals surface area contributed by atoms with Crippen molar-refractivity contribution in [3.63, 3.8) is 0 Å². The van der Waals surface area contributed by atoms with Gasteiger partial charge in [0.1, 0.15) is 6.04 Å². The molecule has 2 atom stereocenters. The summed E-state index contributed by atoms with van der Waals surface area (Å²) in [6.45, 7) is 0.544. The molecule has 0 spiro atoms. The third-order valence-electron chi connectivity index (χ3n) is 4.88. The van der Waals surface area contributed by atoms with Crippen molar-refractivity contribution in [1.29, 1.82) is 0 Å². The van der Waals surface area contributed by atoms with E-state index in [1.165, 1.54) is 5.56 Å².